The second kappa shape index (κ2) is 7.81. The van der Waals surface area contributed by atoms with Crippen molar-refractivity contribution in [2.24, 2.45) is 0 Å². The molecule has 0 bridgehead atoms. The minimum atomic E-state index is 0.569. The molecule has 2 aliphatic rings. The highest BCUT2D eigenvalue weighted by Gasteiger charge is 2.26. The summed E-state index contributed by atoms with van der Waals surface area (Å²) in [5.74, 6) is 1.17. The van der Waals surface area contributed by atoms with Crippen LogP contribution in [0.3, 0.4) is 0 Å². The van der Waals surface area contributed by atoms with Crippen LogP contribution in [-0.2, 0) is 0 Å². The standard InChI is InChI=1S/C19H24N4S2/c20-16(18-2-1-10-24-18)13-22-14-3-4-19-17(12-14)23(9-11-25-19)15-5-7-21-8-6-15/h1-4,10,12,15,20-22H,5-9,11,13H2. The van der Waals surface area contributed by atoms with Crippen molar-refractivity contribution in [2.75, 3.05) is 42.1 Å². The summed E-state index contributed by atoms with van der Waals surface area (Å²) in [6.45, 7) is 3.95. The smallest absolute Gasteiger partial charge is 0.0676 e. The van der Waals surface area contributed by atoms with Crippen molar-refractivity contribution in [2.45, 2.75) is 23.8 Å². The fraction of sp³-hybridized carbons (Fsp3) is 0.421. The topological polar surface area (TPSA) is 51.2 Å². The Balaban J connectivity index is 1.48. The Bertz CT molecular complexity index is 723. The van der Waals surface area contributed by atoms with Crippen molar-refractivity contribution in [3.63, 3.8) is 0 Å². The zero-order valence-corrected chi connectivity index (χ0v) is 15.9. The van der Waals surface area contributed by atoms with Crippen LogP contribution >= 0.6 is 23.1 Å². The van der Waals surface area contributed by atoms with Gasteiger partial charge in [-0.25, -0.2) is 0 Å². The van der Waals surface area contributed by atoms with Crippen LogP contribution in [0.4, 0.5) is 11.4 Å². The van der Waals surface area contributed by atoms with E-state index in [1.165, 1.54) is 29.2 Å². The van der Waals surface area contributed by atoms with Crippen LogP contribution < -0.4 is 15.5 Å². The van der Waals surface area contributed by atoms with Crippen LogP contribution in [0.25, 0.3) is 0 Å². The lowest BCUT2D eigenvalue weighted by molar-refractivity contribution is 0.432. The molecule has 1 fully saturated rings. The molecule has 0 spiro atoms. The Morgan fingerprint density at radius 1 is 1.28 bits per heavy atom. The maximum Gasteiger partial charge on any atom is 0.0676 e. The Kier molecular flexibility index (Phi) is 5.29. The summed E-state index contributed by atoms with van der Waals surface area (Å²) in [6.07, 6.45) is 2.45. The van der Waals surface area contributed by atoms with E-state index in [-0.39, 0.29) is 0 Å². The SMILES string of the molecule is N=C(CNc1ccc2c(c1)N(C1CCNCC1)CCS2)c1cccs1. The molecule has 1 aromatic heterocycles. The van der Waals surface area contributed by atoms with Crippen molar-refractivity contribution < 1.29 is 0 Å². The second-order valence-electron chi connectivity index (χ2n) is 6.51. The van der Waals surface area contributed by atoms with Gasteiger partial charge in [0.1, 0.15) is 0 Å². The van der Waals surface area contributed by atoms with Crippen molar-refractivity contribution in [3.8, 4) is 0 Å². The molecule has 2 aliphatic heterocycles. The maximum absolute atomic E-state index is 8.21. The number of benzene rings is 1. The van der Waals surface area contributed by atoms with Gasteiger partial charge in [0, 0.05) is 33.8 Å². The van der Waals surface area contributed by atoms with Crippen molar-refractivity contribution in [3.05, 3.63) is 40.6 Å². The highest BCUT2D eigenvalue weighted by atomic mass is 32.2. The summed E-state index contributed by atoms with van der Waals surface area (Å²) < 4.78 is 0. The highest BCUT2D eigenvalue weighted by molar-refractivity contribution is 7.99. The quantitative estimate of drug-likeness (QED) is 0.697. The van der Waals surface area contributed by atoms with Crippen molar-refractivity contribution >= 4 is 40.2 Å². The number of nitrogens with zero attached hydrogens (tertiary/aromatic N) is 1. The lowest BCUT2D eigenvalue weighted by atomic mass is 10.0. The van der Waals surface area contributed by atoms with Gasteiger partial charge in [0.2, 0.25) is 0 Å². The predicted octanol–water partition coefficient (Wildman–Crippen LogP) is 3.89. The molecule has 0 aliphatic carbocycles. The van der Waals surface area contributed by atoms with E-state index in [1.807, 2.05) is 29.3 Å². The molecule has 6 heteroatoms. The van der Waals surface area contributed by atoms with Crippen LogP contribution in [0.2, 0.25) is 0 Å². The van der Waals surface area contributed by atoms with E-state index < -0.39 is 0 Å². The van der Waals surface area contributed by atoms with Crippen LogP contribution in [-0.4, -0.2) is 43.7 Å². The minimum absolute atomic E-state index is 0.569. The number of hydrogen-bond acceptors (Lipinski definition) is 6. The first-order valence-electron chi connectivity index (χ1n) is 8.90. The van der Waals surface area contributed by atoms with Gasteiger partial charge in [0.15, 0.2) is 0 Å². The molecule has 0 atom stereocenters. The van der Waals surface area contributed by atoms with Gasteiger partial charge in [-0.1, -0.05) is 6.07 Å². The molecule has 0 saturated carbocycles. The molecule has 0 unspecified atom stereocenters. The first-order chi connectivity index (χ1) is 12.3. The van der Waals surface area contributed by atoms with Gasteiger partial charge in [0.05, 0.1) is 17.9 Å². The Labute approximate surface area is 157 Å². The van der Waals surface area contributed by atoms with Gasteiger partial charge in [-0.05, 0) is 55.6 Å². The molecular weight excluding hydrogens is 348 g/mol. The molecule has 3 heterocycles. The molecule has 3 N–H and O–H groups in total. The van der Waals surface area contributed by atoms with Crippen LogP contribution in [0.5, 0.6) is 0 Å². The molecule has 1 saturated heterocycles. The number of hydrogen-bond donors (Lipinski definition) is 3. The van der Waals surface area contributed by atoms with Crippen molar-refractivity contribution in [1.82, 2.24) is 5.32 Å². The molecule has 25 heavy (non-hydrogen) atoms. The number of rotatable bonds is 5. The number of nitrogens with one attached hydrogen (secondary N) is 3. The molecule has 4 rings (SSSR count). The van der Waals surface area contributed by atoms with Gasteiger partial charge in [-0.3, -0.25) is 0 Å². The Hall–Kier alpha value is -1.50. The molecular formula is C19H24N4S2. The Morgan fingerprint density at radius 2 is 2.16 bits per heavy atom. The highest BCUT2D eigenvalue weighted by Crippen LogP contribution is 2.38. The molecule has 132 valence electrons. The predicted molar refractivity (Wildman–Crippen MR) is 110 cm³/mol. The zero-order valence-electron chi connectivity index (χ0n) is 14.3. The first kappa shape index (κ1) is 16.9. The molecule has 1 aromatic carbocycles. The van der Waals surface area contributed by atoms with Crippen LogP contribution in [0, 0.1) is 5.41 Å². The lowest BCUT2D eigenvalue weighted by Gasteiger charge is -2.40. The van der Waals surface area contributed by atoms with Gasteiger partial charge in [-0.15, -0.1) is 23.1 Å². The summed E-state index contributed by atoms with van der Waals surface area (Å²) in [5, 5.41) is 17.1. The number of piperidine rings is 1. The fourth-order valence-corrected chi connectivity index (χ4v) is 5.25. The van der Waals surface area contributed by atoms with Gasteiger partial charge < -0.3 is 20.9 Å². The molecule has 4 nitrogen and oxygen atoms in total. The largest absolute Gasteiger partial charge is 0.379 e. The lowest BCUT2D eigenvalue weighted by Crippen LogP contribution is -2.45. The average molecular weight is 373 g/mol. The third-order valence-corrected chi connectivity index (χ3v) is 6.87. The maximum atomic E-state index is 8.21. The summed E-state index contributed by atoms with van der Waals surface area (Å²) in [5.41, 5.74) is 3.13. The number of thiophene rings is 1. The van der Waals surface area contributed by atoms with E-state index in [2.05, 4.69) is 33.7 Å². The summed E-state index contributed by atoms with van der Waals surface area (Å²) >= 11 is 3.59. The first-order valence-corrected chi connectivity index (χ1v) is 10.8. The van der Waals surface area contributed by atoms with Gasteiger partial charge >= 0.3 is 0 Å². The normalized spacial score (nSPS) is 18.0. The third kappa shape index (κ3) is 3.86. The average Bonchev–Trinajstić information content (AvgIpc) is 3.21. The summed E-state index contributed by atoms with van der Waals surface area (Å²) in [7, 11) is 0. The number of fused-ring (bicyclic) bond motifs is 1. The van der Waals surface area contributed by atoms with Gasteiger partial charge in [0.25, 0.3) is 0 Å². The van der Waals surface area contributed by atoms with E-state index in [1.54, 1.807) is 11.3 Å². The van der Waals surface area contributed by atoms with E-state index in [9.17, 15) is 0 Å². The number of thioether (sulfide) groups is 1. The second-order valence-corrected chi connectivity index (χ2v) is 8.60. The molecule has 0 radical (unpaired) electrons. The van der Waals surface area contributed by atoms with Crippen molar-refractivity contribution in [1.29, 1.82) is 5.41 Å². The van der Waals surface area contributed by atoms with Gasteiger partial charge in [-0.2, -0.15) is 0 Å². The minimum Gasteiger partial charge on any atom is -0.379 e. The number of anilines is 2. The van der Waals surface area contributed by atoms with Crippen LogP contribution in [0.1, 0.15) is 17.7 Å². The monoisotopic (exact) mass is 372 g/mol. The Morgan fingerprint density at radius 3 is 2.96 bits per heavy atom. The zero-order chi connectivity index (χ0) is 17.1. The molecule has 0 amide bonds. The van der Waals surface area contributed by atoms with E-state index in [0.29, 0.717) is 18.3 Å². The van der Waals surface area contributed by atoms with E-state index in [0.717, 1.165) is 30.2 Å². The van der Waals surface area contributed by atoms with Crippen LogP contribution in [0.15, 0.2) is 40.6 Å². The summed E-state index contributed by atoms with van der Waals surface area (Å²) in [4.78, 5) is 5.05. The molecule has 2 aromatic rings. The fourth-order valence-electron chi connectivity index (χ4n) is 3.57. The van der Waals surface area contributed by atoms with E-state index in [4.69, 9.17) is 5.41 Å². The van der Waals surface area contributed by atoms with E-state index >= 15 is 0 Å². The summed E-state index contributed by atoms with van der Waals surface area (Å²) in [6, 6.07) is 11.3. The third-order valence-electron chi connectivity index (χ3n) is 4.90.